The topological polar surface area (TPSA) is 69.7 Å². The molecule has 1 aliphatic heterocycles. The Bertz CT molecular complexity index is 709. The quantitative estimate of drug-likeness (QED) is 0.395. The van der Waals surface area contributed by atoms with Crippen molar-refractivity contribution in [2.75, 3.05) is 0 Å². The van der Waals surface area contributed by atoms with Gasteiger partial charge in [-0.15, -0.1) is 0 Å². The second kappa shape index (κ2) is 8.98. The van der Waals surface area contributed by atoms with Crippen molar-refractivity contribution in [1.82, 2.24) is 0 Å². The first-order valence-corrected chi connectivity index (χ1v) is 9.75. The second-order valence-corrected chi connectivity index (χ2v) is 7.30. The fourth-order valence-electron chi connectivity index (χ4n) is 3.92. The van der Waals surface area contributed by atoms with Crippen LogP contribution in [0.4, 0.5) is 0 Å². The van der Waals surface area contributed by atoms with Gasteiger partial charge in [0.1, 0.15) is 12.2 Å². The van der Waals surface area contributed by atoms with E-state index in [2.05, 4.69) is 6.92 Å². The Morgan fingerprint density at radius 3 is 2.74 bits per heavy atom. The largest absolute Gasteiger partial charge is 0.462 e. The molecule has 4 atom stereocenters. The molecule has 2 fully saturated rings. The molecule has 1 saturated heterocycles. The van der Waals surface area contributed by atoms with E-state index in [1.54, 1.807) is 30.3 Å². The van der Waals surface area contributed by atoms with Crippen molar-refractivity contribution in [2.45, 2.75) is 57.7 Å². The number of esters is 2. The molecule has 1 aromatic carbocycles. The van der Waals surface area contributed by atoms with Crippen LogP contribution in [-0.4, -0.2) is 29.9 Å². The van der Waals surface area contributed by atoms with Crippen LogP contribution >= 0.6 is 0 Å². The molecule has 144 valence electrons. The molecule has 0 unspecified atom stereocenters. The lowest BCUT2D eigenvalue weighted by atomic mass is 9.91. The highest BCUT2D eigenvalue weighted by molar-refractivity contribution is 5.90. The third kappa shape index (κ3) is 4.85. The molecule has 5 heteroatoms. The molecular formula is C22H26O5. The van der Waals surface area contributed by atoms with E-state index in [1.807, 2.05) is 12.1 Å². The van der Waals surface area contributed by atoms with Gasteiger partial charge in [-0.2, -0.15) is 0 Å². The number of unbranched alkanes of at least 4 members (excludes halogenated alkanes) is 2. The molecule has 27 heavy (non-hydrogen) atoms. The van der Waals surface area contributed by atoms with E-state index >= 15 is 0 Å². The van der Waals surface area contributed by atoms with E-state index < -0.39 is 0 Å². The summed E-state index contributed by atoms with van der Waals surface area (Å²) in [7, 11) is 0. The molecule has 0 N–H and O–H groups in total. The van der Waals surface area contributed by atoms with Crippen molar-refractivity contribution < 1.29 is 23.9 Å². The summed E-state index contributed by atoms with van der Waals surface area (Å²) in [6.07, 6.45) is 7.08. The van der Waals surface area contributed by atoms with Crippen LogP contribution in [0.25, 0.3) is 0 Å². The number of benzene rings is 1. The van der Waals surface area contributed by atoms with Crippen molar-refractivity contribution in [2.24, 2.45) is 11.8 Å². The predicted molar refractivity (Wildman–Crippen MR) is 100 cm³/mol. The average molecular weight is 370 g/mol. The van der Waals surface area contributed by atoms with Crippen molar-refractivity contribution >= 4 is 17.7 Å². The third-order valence-electron chi connectivity index (χ3n) is 5.35. The SMILES string of the molecule is CCCCCC(=O)/C=C\[C@@H]1[C@H]2CC(=O)O[C@@H]2C[C@H]1OC(=O)c1ccccc1. The summed E-state index contributed by atoms with van der Waals surface area (Å²) in [6.45, 7) is 2.10. The molecule has 1 saturated carbocycles. The van der Waals surface area contributed by atoms with Crippen molar-refractivity contribution in [1.29, 1.82) is 0 Å². The predicted octanol–water partition coefficient (Wildman–Crippen LogP) is 3.87. The van der Waals surface area contributed by atoms with Crippen LogP contribution in [0.1, 0.15) is 55.8 Å². The lowest BCUT2D eigenvalue weighted by Gasteiger charge is -2.20. The smallest absolute Gasteiger partial charge is 0.338 e. The highest BCUT2D eigenvalue weighted by Crippen LogP contribution is 2.43. The highest BCUT2D eigenvalue weighted by atomic mass is 16.6. The summed E-state index contributed by atoms with van der Waals surface area (Å²) < 4.78 is 11.1. The van der Waals surface area contributed by atoms with Crippen LogP contribution in [0, 0.1) is 11.8 Å². The van der Waals surface area contributed by atoms with Gasteiger partial charge >= 0.3 is 11.9 Å². The molecule has 0 aromatic heterocycles. The highest BCUT2D eigenvalue weighted by Gasteiger charge is 2.50. The maximum absolute atomic E-state index is 12.4. The first-order valence-electron chi connectivity index (χ1n) is 9.75. The zero-order valence-corrected chi connectivity index (χ0v) is 15.6. The van der Waals surface area contributed by atoms with Gasteiger partial charge < -0.3 is 9.47 Å². The zero-order valence-electron chi connectivity index (χ0n) is 15.6. The Balaban J connectivity index is 1.67. The first-order chi connectivity index (χ1) is 13.1. The fourth-order valence-corrected chi connectivity index (χ4v) is 3.92. The molecule has 1 heterocycles. The monoisotopic (exact) mass is 370 g/mol. The number of carbonyl (C=O) groups is 3. The van der Waals surface area contributed by atoms with Gasteiger partial charge in [0.2, 0.25) is 0 Å². The van der Waals surface area contributed by atoms with Gasteiger partial charge in [-0.05, 0) is 24.6 Å². The molecule has 5 nitrogen and oxygen atoms in total. The van der Waals surface area contributed by atoms with Crippen LogP contribution in [0.3, 0.4) is 0 Å². The zero-order chi connectivity index (χ0) is 19.2. The number of allylic oxidation sites excluding steroid dienone is 1. The number of hydrogen-bond donors (Lipinski definition) is 0. The van der Waals surface area contributed by atoms with Crippen molar-refractivity contribution in [3.05, 3.63) is 48.0 Å². The Morgan fingerprint density at radius 1 is 1.22 bits per heavy atom. The maximum atomic E-state index is 12.4. The van der Waals surface area contributed by atoms with Crippen LogP contribution in [0.5, 0.6) is 0 Å². The van der Waals surface area contributed by atoms with Crippen LogP contribution < -0.4 is 0 Å². The molecule has 1 aromatic rings. The van der Waals surface area contributed by atoms with Crippen LogP contribution in [-0.2, 0) is 19.1 Å². The van der Waals surface area contributed by atoms with Gasteiger partial charge in [0.25, 0.3) is 0 Å². The van der Waals surface area contributed by atoms with Gasteiger partial charge in [0.15, 0.2) is 5.78 Å². The van der Waals surface area contributed by atoms with E-state index in [-0.39, 0.29) is 41.8 Å². The Morgan fingerprint density at radius 2 is 2.00 bits per heavy atom. The molecular weight excluding hydrogens is 344 g/mol. The van der Waals surface area contributed by atoms with E-state index in [0.29, 0.717) is 24.8 Å². The van der Waals surface area contributed by atoms with Crippen LogP contribution in [0.15, 0.2) is 42.5 Å². The standard InChI is InChI=1S/C22H26O5/c1-2-3-5-10-16(23)11-12-17-18-13-21(24)26-20(18)14-19(17)27-22(25)15-8-6-4-7-9-15/h4,6-9,11-12,17-20H,2-3,5,10,13-14H2,1H3/b12-11-/t17-,18-,19-,20-/m1/s1. The number of rotatable bonds is 8. The van der Waals surface area contributed by atoms with Gasteiger partial charge in [-0.25, -0.2) is 4.79 Å². The van der Waals surface area contributed by atoms with Gasteiger partial charge in [-0.3, -0.25) is 9.59 Å². The van der Waals surface area contributed by atoms with E-state index in [0.717, 1.165) is 19.3 Å². The summed E-state index contributed by atoms with van der Waals surface area (Å²) in [4.78, 5) is 36.2. The molecule has 0 radical (unpaired) electrons. The Labute approximate surface area is 159 Å². The van der Waals surface area contributed by atoms with E-state index in [4.69, 9.17) is 9.47 Å². The molecule has 1 aliphatic carbocycles. The van der Waals surface area contributed by atoms with Gasteiger partial charge in [0, 0.05) is 24.7 Å². The van der Waals surface area contributed by atoms with Crippen molar-refractivity contribution in [3.63, 3.8) is 0 Å². The second-order valence-electron chi connectivity index (χ2n) is 7.30. The summed E-state index contributed by atoms with van der Waals surface area (Å²) in [5.41, 5.74) is 0.491. The number of hydrogen-bond acceptors (Lipinski definition) is 5. The fraction of sp³-hybridized carbons (Fsp3) is 0.500. The Hall–Kier alpha value is -2.43. The summed E-state index contributed by atoms with van der Waals surface area (Å²) in [5.74, 6) is -0.745. The lowest BCUT2D eigenvalue weighted by Crippen LogP contribution is -2.24. The molecule has 3 rings (SSSR count). The Kier molecular flexibility index (Phi) is 6.43. The normalized spacial score (nSPS) is 26.8. The van der Waals surface area contributed by atoms with Gasteiger partial charge in [0.05, 0.1) is 12.0 Å². The van der Waals surface area contributed by atoms with Gasteiger partial charge in [-0.1, -0.05) is 44.0 Å². The summed E-state index contributed by atoms with van der Waals surface area (Å²) in [5, 5.41) is 0. The molecule has 2 aliphatic rings. The van der Waals surface area contributed by atoms with E-state index in [1.165, 1.54) is 0 Å². The maximum Gasteiger partial charge on any atom is 0.338 e. The molecule has 0 spiro atoms. The minimum Gasteiger partial charge on any atom is -0.462 e. The molecule has 0 amide bonds. The van der Waals surface area contributed by atoms with Crippen molar-refractivity contribution in [3.8, 4) is 0 Å². The third-order valence-corrected chi connectivity index (χ3v) is 5.35. The van der Waals surface area contributed by atoms with E-state index in [9.17, 15) is 14.4 Å². The average Bonchev–Trinajstić information content (AvgIpc) is 3.16. The minimum absolute atomic E-state index is 0.0363. The summed E-state index contributed by atoms with van der Waals surface area (Å²) in [6, 6.07) is 8.83. The number of fused-ring (bicyclic) bond motifs is 1. The first kappa shape index (κ1) is 19.3. The molecule has 0 bridgehead atoms. The lowest BCUT2D eigenvalue weighted by molar-refractivity contribution is -0.141. The van der Waals surface area contributed by atoms with Crippen LogP contribution in [0.2, 0.25) is 0 Å². The summed E-state index contributed by atoms with van der Waals surface area (Å²) >= 11 is 0. The number of ether oxygens (including phenoxy) is 2. The number of carbonyl (C=O) groups excluding carboxylic acids is 3. The number of ketones is 1. The minimum atomic E-state index is -0.389.